The van der Waals surface area contributed by atoms with Crippen LogP contribution in [-0.4, -0.2) is 13.4 Å². The molecule has 0 amide bonds. The highest BCUT2D eigenvalue weighted by Gasteiger charge is 2.20. The molecular weight excluding hydrogens is 358 g/mol. The van der Waals surface area contributed by atoms with Crippen molar-refractivity contribution in [1.82, 2.24) is 9.71 Å². The van der Waals surface area contributed by atoms with Gasteiger partial charge in [-0.3, -0.25) is 4.98 Å². The average molecular weight is 369 g/mol. The van der Waals surface area contributed by atoms with E-state index >= 15 is 0 Å². The molecule has 0 unspecified atom stereocenters. The van der Waals surface area contributed by atoms with E-state index in [1.807, 2.05) is 0 Å². The summed E-state index contributed by atoms with van der Waals surface area (Å²) in [6.45, 7) is -0.566. The molecule has 0 saturated heterocycles. The number of hydrogen-bond donors (Lipinski definition) is 1. The van der Waals surface area contributed by atoms with Gasteiger partial charge in [0.2, 0.25) is 10.0 Å². The van der Waals surface area contributed by atoms with Gasteiger partial charge in [0.15, 0.2) is 0 Å². The highest BCUT2D eigenvalue weighted by molar-refractivity contribution is 7.89. The van der Waals surface area contributed by atoms with Gasteiger partial charge in [-0.15, -0.1) is 0 Å². The third-order valence-electron chi connectivity index (χ3n) is 3.46. The molecule has 24 heavy (non-hydrogen) atoms. The van der Waals surface area contributed by atoms with Gasteiger partial charge in [0.25, 0.3) is 0 Å². The van der Waals surface area contributed by atoms with Gasteiger partial charge < -0.3 is 0 Å². The first-order chi connectivity index (χ1) is 11.4. The monoisotopic (exact) mass is 368 g/mol. The number of rotatable bonds is 4. The van der Waals surface area contributed by atoms with Crippen molar-refractivity contribution in [3.63, 3.8) is 0 Å². The fourth-order valence-electron chi connectivity index (χ4n) is 2.27. The number of halogens is 3. The van der Waals surface area contributed by atoms with Crippen molar-refractivity contribution < 1.29 is 17.2 Å². The summed E-state index contributed by atoms with van der Waals surface area (Å²) >= 11 is 5.60. The topological polar surface area (TPSA) is 59.1 Å². The van der Waals surface area contributed by atoms with Gasteiger partial charge in [-0.1, -0.05) is 29.8 Å². The summed E-state index contributed by atoms with van der Waals surface area (Å²) in [7, 11) is -4.02. The van der Waals surface area contributed by atoms with E-state index in [0.29, 0.717) is 5.39 Å². The third kappa shape index (κ3) is 3.10. The van der Waals surface area contributed by atoms with Gasteiger partial charge in [-0.05, 0) is 24.3 Å². The van der Waals surface area contributed by atoms with Crippen molar-refractivity contribution in [3.05, 3.63) is 70.9 Å². The molecule has 0 spiro atoms. The molecule has 2 aromatic carbocycles. The lowest BCUT2D eigenvalue weighted by atomic mass is 10.2. The minimum Gasteiger partial charge on any atom is -0.255 e. The van der Waals surface area contributed by atoms with Crippen LogP contribution in [0.3, 0.4) is 0 Å². The molecule has 124 valence electrons. The predicted molar refractivity (Wildman–Crippen MR) is 87.1 cm³/mol. The van der Waals surface area contributed by atoms with Crippen LogP contribution in [0.4, 0.5) is 8.78 Å². The van der Waals surface area contributed by atoms with Gasteiger partial charge in [-0.2, -0.15) is 0 Å². The Labute approximate surface area is 142 Å². The number of pyridine rings is 1. The summed E-state index contributed by atoms with van der Waals surface area (Å²) in [5.74, 6) is -1.87. The molecule has 0 bridgehead atoms. The Morgan fingerprint density at radius 2 is 1.83 bits per heavy atom. The Balaban J connectivity index is 1.96. The van der Waals surface area contributed by atoms with E-state index in [9.17, 15) is 17.2 Å². The summed E-state index contributed by atoms with van der Waals surface area (Å²) < 4.78 is 54.8. The van der Waals surface area contributed by atoms with Gasteiger partial charge in [0, 0.05) is 23.7 Å². The van der Waals surface area contributed by atoms with E-state index in [1.165, 1.54) is 12.3 Å². The SMILES string of the molecule is O=S(=O)(NCc1c(F)ccc(Cl)c1F)c1cccc2cccnc12. The second kappa shape index (κ2) is 6.43. The maximum Gasteiger partial charge on any atom is 0.243 e. The van der Waals surface area contributed by atoms with Crippen LogP contribution in [0.2, 0.25) is 5.02 Å². The first-order valence-corrected chi connectivity index (χ1v) is 8.72. The Hall–Kier alpha value is -2.09. The number of benzene rings is 2. The highest BCUT2D eigenvalue weighted by atomic mass is 35.5. The van der Waals surface area contributed by atoms with E-state index < -0.39 is 33.8 Å². The predicted octanol–water partition coefficient (Wildman–Crippen LogP) is 3.64. The lowest BCUT2D eigenvalue weighted by Gasteiger charge is -2.10. The van der Waals surface area contributed by atoms with Crippen LogP contribution in [-0.2, 0) is 16.6 Å². The Bertz CT molecular complexity index is 1020. The molecule has 0 aliphatic rings. The summed E-state index contributed by atoms with van der Waals surface area (Å²) in [4.78, 5) is 4.00. The number of aromatic nitrogens is 1. The van der Waals surface area contributed by atoms with E-state index in [4.69, 9.17) is 11.6 Å². The maximum absolute atomic E-state index is 13.9. The van der Waals surface area contributed by atoms with Crippen molar-refractivity contribution in [2.45, 2.75) is 11.4 Å². The molecule has 0 fully saturated rings. The number of sulfonamides is 1. The molecule has 0 aliphatic carbocycles. The highest BCUT2D eigenvalue weighted by Crippen LogP contribution is 2.23. The molecule has 1 aromatic heterocycles. The number of fused-ring (bicyclic) bond motifs is 1. The summed E-state index contributed by atoms with van der Waals surface area (Å²) in [6, 6.07) is 10.1. The molecule has 1 N–H and O–H groups in total. The first kappa shape index (κ1) is 16.8. The molecule has 4 nitrogen and oxygen atoms in total. The van der Waals surface area contributed by atoms with Crippen LogP contribution >= 0.6 is 11.6 Å². The van der Waals surface area contributed by atoms with Crippen LogP contribution in [0.15, 0.2) is 53.6 Å². The van der Waals surface area contributed by atoms with Gasteiger partial charge in [0.05, 0.1) is 10.5 Å². The summed E-state index contributed by atoms with van der Waals surface area (Å²) in [5.41, 5.74) is -0.168. The molecule has 0 aliphatic heterocycles. The molecule has 8 heteroatoms. The molecule has 0 radical (unpaired) electrons. The molecule has 3 aromatic rings. The Kier molecular flexibility index (Phi) is 4.49. The smallest absolute Gasteiger partial charge is 0.243 e. The van der Waals surface area contributed by atoms with E-state index in [0.717, 1.165) is 12.1 Å². The average Bonchev–Trinajstić information content (AvgIpc) is 2.57. The summed E-state index contributed by atoms with van der Waals surface area (Å²) in [6.07, 6.45) is 1.47. The second-order valence-electron chi connectivity index (χ2n) is 4.98. The van der Waals surface area contributed by atoms with E-state index in [-0.39, 0.29) is 15.4 Å². The van der Waals surface area contributed by atoms with Crippen LogP contribution in [0, 0.1) is 11.6 Å². The van der Waals surface area contributed by atoms with Crippen molar-refractivity contribution in [3.8, 4) is 0 Å². The molecule has 0 saturated carbocycles. The van der Waals surface area contributed by atoms with Crippen LogP contribution in [0.5, 0.6) is 0 Å². The Morgan fingerprint density at radius 3 is 2.62 bits per heavy atom. The van der Waals surface area contributed by atoms with Gasteiger partial charge >= 0.3 is 0 Å². The first-order valence-electron chi connectivity index (χ1n) is 6.86. The Morgan fingerprint density at radius 1 is 1.08 bits per heavy atom. The number of para-hydroxylation sites is 1. The molecule has 0 atom stereocenters. The lowest BCUT2D eigenvalue weighted by Crippen LogP contribution is -2.24. The zero-order valence-corrected chi connectivity index (χ0v) is 13.7. The minimum atomic E-state index is -4.02. The minimum absolute atomic E-state index is 0.0663. The largest absolute Gasteiger partial charge is 0.255 e. The van der Waals surface area contributed by atoms with Crippen LogP contribution < -0.4 is 4.72 Å². The zero-order chi connectivity index (χ0) is 17.3. The standard InChI is InChI=1S/C16H11ClF2N2O2S/c17-12-6-7-13(18)11(15(12)19)9-21-24(22,23)14-5-1-3-10-4-2-8-20-16(10)14/h1-8,21H,9H2. The van der Waals surface area contributed by atoms with Crippen LogP contribution in [0.1, 0.15) is 5.56 Å². The van der Waals surface area contributed by atoms with Crippen molar-refractivity contribution in [1.29, 1.82) is 0 Å². The number of nitrogens with zero attached hydrogens (tertiary/aromatic N) is 1. The molecular formula is C16H11ClF2N2O2S. The second-order valence-corrected chi connectivity index (χ2v) is 7.12. The zero-order valence-electron chi connectivity index (χ0n) is 12.1. The fraction of sp³-hybridized carbons (Fsp3) is 0.0625. The van der Waals surface area contributed by atoms with E-state index in [1.54, 1.807) is 24.3 Å². The maximum atomic E-state index is 13.9. The lowest BCUT2D eigenvalue weighted by molar-refractivity contribution is 0.545. The van der Waals surface area contributed by atoms with Gasteiger partial charge in [0.1, 0.15) is 16.5 Å². The van der Waals surface area contributed by atoms with Gasteiger partial charge in [-0.25, -0.2) is 21.9 Å². The fourth-order valence-corrected chi connectivity index (χ4v) is 3.62. The quantitative estimate of drug-likeness (QED) is 0.715. The summed E-state index contributed by atoms with van der Waals surface area (Å²) in [5, 5.41) is 0.359. The normalized spacial score (nSPS) is 11.8. The van der Waals surface area contributed by atoms with Crippen molar-refractivity contribution in [2.75, 3.05) is 0 Å². The van der Waals surface area contributed by atoms with E-state index in [2.05, 4.69) is 9.71 Å². The number of hydrogen-bond acceptors (Lipinski definition) is 3. The molecule has 3 rings (SSSR count). The van der Waals surface area contributed by atoms with Crippen molar-refractivity contribution in [2.24, 2.45) is 0 Å². The van der Waals surface area contributed by atoms with Crippen molar-refractivity contribution >= 4 is 32.5 Å². The van der Waals surface area contributed by atoms with Crippen LogP contribution in [0.25, 0.3) is 10.9 Å². The molecule has 1 heterocycles. The third-order valence-corrected chi connectivity index (χ3v) is 5.19. The number of nitrogens with one attached hydrogen (secondary N) is 1.